The molecule has 0 aliphatic heterocycles. The smallest absolute Gasteiger partial charge is 0.408 e. The van der Waals surface area contributed by atoms with E-state index < -0.39 is 151 Å². The van der Waals surface area contributed by atoms with Crippen LogP contribution >= 0.6 is 0 Å². The highest BCUT2D eigenvalue weighted by Gasteiger charge is 2.35. The maximum absolute atomic E-state index is 14.2. The van der Waals surface area contributed by atoms with Crippen LogP contribution in [-0.2, 0) is 67.3 Å². The van der Waals surface area contributed by atoms with Crippen molar-refractivity contribution in [2.75, 3.05) is 6.54 Å². The molecule has 0 saturated carbocycles. The fourth-order valence-corrected chi connectivity index (χ4v) is 6.87. The van der Waals surface area contributed by atoms with Crippen LogP contribution in [0.25, 0.3) is 0 Å². The molecule has 3 aromatic carbocycles. The number of hydrogen-bond donors (Lipinski definition) is 13. The number of aliphatic carboxylic acids is 2. The summed E-state index contributed by atoms with van der Waals surface area (Å²) in [6, 6.07) is 9.62. The van der Waals surface area contributed by atoms with Gasteiger partial charge in [0.2, 0.25) is 41.4 Å². The Balaban J connectivity index is 1.97. The van der Waals surface area contributed by atoms with Crippen LogP contribution in [0.5, 0.6) is 5.75 Å². The lowest BCUT2D eigenvalue weighted by molar-refractivity contribution is -0.385. The van der Waals surface area contributed by atoms with Gasteiger partial charge in [0.25, 0.3) is 0 Å². The van der Waals surface area contributed by atoms with Gasteiger partial charge in [-0.05, 0) is 48.4 Å². The van der Waals surface area contributed by atoms with E-state index in [2.05, 4.69) is 31.6 Å². The second-order valence-electron chi connectivity index (χ2n) is 16.4. The summed E-state index contributed by atoms with van der Waals surface area (Å²) in [6.07, 6.45) is -5.26. The summed E-state index contributed by atoms with van der Waals surface area (Å²) < 4.78 is 5.34. The first-order chi connectivity index (χ1) is 35.0. The van der Waals surface area contributed by atoms with Crippen molar-refractivity contribution in [1.82, 2.24) is 31.9 Å². The lowest BCUT2D eigenvalue weighted by Crippen LogP contribution is -2.60. The Morgan fingerprint density at radius 3 is 1.50 bits per heavy atom. The van der Waals surface area contributed by atoms with Crippen LogP contribution in [-0.4, -0.2) is 128 Å². The minimum Gasteiger partial charge on any atom is -0.502 e. The zero-order valence-corrected chi connectivity index (χ0v) is 39.6. The molecule has 74 heavy (non-hydrogen) atoms. The molecule has 398 valence electrons. The molecule has 0 bridgehead atoms. The van der Waals surface area contributed by atoms with Gasteiger partial charge < -0.3 is 74.9 Å². The number of nitrogens with one attached hydrogen (secondary N) is 6. The molecule has 0 fully saturated rings. The van der Waals surface area contributed by atoms with Crippen LogP contribution in [0.4, 0.5) is 10.5 Å². The standard InChI is InChI=1S/C46H58N12O16/c47-36(60)17-14-29(53-39(64)28(12-7-19-51-45(49)50)52-43(68)32(20-25-8-3-1-4-9-25)57-46(71)74-24-26-10-5-2-6-11-26)40(65)54-30(15-18-37(48)61)41(66)55-31(42(67)56-33(44(69)70)23-38(62)63)21-27-13-16-35(59)34(22-27)58(72)73/h1-6,8-11,13,16,22,28-33,59H,7,12,14-15,17-21,23-24H2,(H2,47,60)(H2,48,61)(H,52,68)(H,53,64)(H,54,65)(H,55,66)(H,56,67)(H,57,71)(H,62,63)(H,69,70)(H4,49,50,51)/t28-,29-,30-,31-,32-,33-/m0/s1. The number of carbonyl (C=O) groups is 10. The number of ether oxygens (including phenoxy) is 1. The highest BCUT2D eigenvalue weighted by atomic mass is 16.6. The molecule has 0 unspecified atom stereocenters. The molecule has 3 aromatic rings. The monoisotopic (exact) mass is 1030 g/mol. The summed E-state index contributed by atoms with van der Waals surface area (Å²) >= 11 is 0. The lowest BCUT2D eigenvalue weighted by Gasteiger charge is -2.27. The Morgan fingerprint density at radius 2 is 1.03 bits per heavy atom. The average Bonchev–Trinajstić information content (AvgIpc) is 3.34. The molecule has 0 saturated heterocycles. The zero-order valence-electron chi connectivity index (χ0n) is 39.6. The van der Waals surface area contributed by atoms with E-state index in [0.29, 0.717) is 11.1 Å². The quantitative estimate of drug-likeness (QED) is 0.0108. The second kappa shape index (κ2) is 29.7. The summed E-state index contributed by atoms with van der Waals surface area (Å²) in [6.45, 7) is -0.187. The predicted molar refractivity (Wildman–Crippen MR) is 258 cm³/mol. The van der Waals surface area contributed by atoms with Crippen molar-refractivity contribution in [3.63, 3.8) is 0 Å². The molecule has 0 heterocycles. The SMILES string of the molecule is NC(=O)CC[C@H](NC(=O)[C@H](CCC(N)=O)NC(=O)[C@H](CCCN=C(N)N)NC(=O)[C@H](Cc1ccccc1)NC(=O)OCc1ccccc1)C(=O)N[C@@H](Cc1ccc(O)c([N+](=O)[O-])c1)C(=O)N[C@@H](CC(=O)O)C(=O)O. The molecule has 8 amide bonds. The topological polar surface area (TPSA) is 472 Å². The van der Waals surface area contributed by atoms with E-state index in [9.17, 15) is 73.4 Å². The largest absolute Gasteiger partial charge is 0.502 e. The van der Waals surface area contributed by atoms with Gasteiger partial charge in [-0.1, -0.05) is 66.7 Å². The molecule has 0 aromatic heterocycles. The summed E-state index contributed by atoms with van der Waals surface area (Å²) in [5.41, 5.74) is 22.0. The number of nitro groups is 1. The van der Waals surface area contributed by atoms with Crippen LogP contribution in [0, 0.1) is 10.1 Å². The predicted octanol–water partition coefficient (Wildman–Crippen LogP) is -2.05. The number of phenols is 1. The van der Waals surface area contributed by atoms with Crippen molar-refractivity contribution in [1.29, 1.82) is 0 Å². The van der Waals surface area contributed by atoms with Gasteiger partial charge in [-0.15, -0.1) is 0 Å². The van der Waals surface area contributed by atoms with E-state index in [4.69, 9.17) is 27.7 Å². The Bertz CT molecular complexity index is 2530. The van der Waals surface area contributed by atoms with E-state index in [1.807, 2.05) is 5.32 Å². The van der Waals surface area contributed by atoms with Gasteiger partial charge in [0.1, 0.15) is 42.9 Å². The number of aliphatic imine (C=N–C) groups is 1. The van der Waals surface area contributed by atoms with Gasteiger partial charge in [-0.25, -0.2) is 9.59 Å². The molecule has 3 rings (SSSR count). The molecule has 28 nitrogen and oxygen atoms in total. The number of alkyl carbamates (subject to hydrolysis) is 1. The molecule has 0 radical (unpaired) electrons. The minimum absolute atomic E-state index is 0.0408. The molecule has 28 heteroatoms. The number of primary amides is 2. The number of amides is 8. The molecule has 0 aliphatic carbocycles. The van der Waals surface area contributed by atoms with E-state index in [1.54, 1.807) is 60.7 Å². The van der Waals surface area contributed by atoms with Gasteiger partial charge in [-0.3, -0.25) is 53.5 Å². The van der Waals surface area contributed by atoms with Crippen molar-refractivity contribution in [3.8, 4) is 5.75 Å². The van der Waals surface area contributed by atoms with Crippen molar-refractivity contribution in [3.05, 3.63) is 106 Å². The molecule has 17 N–H and O–H groups in total. The van der Waals surface area contributed by atoms with Crippen molar-refractivity contribution in [2.45, 2.75) is 101 Å². The minimum atomic E-state index is -2.05. The average molecular weight is 1040 g/mol. The molecular weight excluding hydrogens is 977 g/mol. The Labute approximate surface area is 421 Å². The molecule has 0 aliphatic rings. The van der Waals surface area contributed by atoms with Gasteiger partial charge in [0, 0.05) is 38.3 Å². The van der Waals surface area contributed by atoms with Crippen LogP contribution in [0.15, 0.2) is 83.9 Å². The number of phenolic OH excluding ortho intramolecular Hbond substituents is 1. The van der Waals surface area contributed by atoms with Crippen LogP contribution in [0.2, 0.25) is 0 Å². The Kier molecular flexibility index (Phi) is 23.7. The Hall–Kier alpha value is -9.37. The number of hydrogen-bond acceptors (Lipinski definition) is 15. The molecular formula is C46H58N12O16. The number of carbonyl (C=O) groups excluding carboxylic acids is 8. The highest BCUT2D eigenvalue weighted by molar-refractivity contribution is 5.97. The number of benzene rings is 3. The lowest BCUT2D eigenvalue weighted by atomic mass is 10.0. The van der Waals surface area contributed by atoms with Gasteiger partial charge >= 0.3 is 23.7 Å². The summed E-state index contributed by atoms with van der Waals surface area (Å²) in [5.74, 6) is -12.1. The third kappa shape index (κ3) is 21.3. The maximum Gasteiger partial charge on any atom is 0.408 e. The molecule has 6 atom stereocenters. The van der Waals surface area contributed by atoms with E-state index >= 15 is 0 Å². The van der Waals surface area contributed by atoms with E-state index in [1.165, 1.54) is 0 Å². The van der Waals surface area contributed by atoms with Gasteiger partial charge in [0.15, 0.2) is 11.7 Å². The van der Waals surface area contributed by atoms with Crippen LogP contribution in [0.1, 0.15) is 61.6 Å². The zero-order chi connectivity index (χ0) is 54.9. The van der Waals surface area contributed by atoms with Crippen molar-refractivity contribution < 1.29 is 72.9 Å². The van der Waals surface area contributed by atoms with Crippen molar-refractivity contribution in [2.24, 2.45) is 27.9 Å². The number of carboxylic acids is 2. The summed E-state index contributed by atoms with van der Waals surface area (Å²) in [7, 11) is 0. The first-order valence-electron chi connectivity index (χ1n) is 22.6. The number of aromatic hydroxyl groups is 1. The third-order valence-corrected chi connectivity index (χ3v) is 10.6. The second-order valence-corrected chi connectivity index (χ2v) is 16.4. The number of guanidine groups is 1. The third-order valence-electron chi connectivity index (χ3n) is 10.6. The van der Waals surface area contributed by atoms with Gasteiger partial charge in [0.05, 0.1) is 11.3 Å². The van der Waals surface area contributed by atoms with E-state index in [-0.39, 0.29) is 43.9 Å². The highest BCUT2D eigenvalue weighted by Crippen LogP contribution is 2.27. The Morgan fingerprint density at radius 1 is 0.581 bits per heavy atom. The summed E-state index contributed by atoms with van der Waals surface area (Å²) in [4.78, 5) is 145. The number of nitro benzene ring substituents is 1. The normalized spacial score (nSPS) is 13.1. The first-order valence-corrected chi connectivity index (χ1v) is 22.6. The maximum atomic E-state index is 14.2. The first kappa shape index (κ1) is 58.9. The number of nitrogens with zero attached hydrogens (tertiary/aromatic N) is 2. The van der Waals surface area contributed by atoms with Crippen LogP contribution < -0.4 is 54.8 Å². The fourth-order valence-electron chi connectivity index (χ4n) is 6.87. The molecule has 0 spiro atoms. The number of nitrogens with two attached hydrogens (primary N) is 4. The van der Waals surface area contributed by atoms with Crippen molar-refractivity contribution >= 4 is 71.0 Å². The van der Waals surface area contributed by atoms with E-state index in [0.717, 1.165) is 18.2 Å². The van der Waals surface area contributed by atoms with Gasteiger partial charge in [-0.2, -0.15) is 0 Å². The fraction of sp³-hybridized carbons (Fsp3) is 0.370. The summed E-state index contributed by atoms with van der Waals surface area (Å²) in [5, 5.41) is 54.4. The van der Waals surface area contributed by atoms with Crippen LogP contribution in [0.3, 0.4) is 0 Å². The number of carboxylic acid groups (broad SMARTS) is 2. The number of rotatable bonds is 31.